The number of hydrogen-bond donors (Lipinski definition) is 1. The molecule has 0 aliphatic heterocycles. The van der Waals surface area contributed by atoms with Crippen molar-refractivity contribution >= 4 is 11.6 Å². The van der Waals surface area contributed by atoms with Crippen LogP contribution in [0, 0.1) is 6.92 Å². The monoisotopic (exact) mass is 211 g/mol. The minimum Gasteiger partial charge on any atom is -0.314 e. The Labute approximate surface area is 91.5 Å². The summed E-state index contributed by atoms with van der Waals surface area (Å²) in [5, 5.41) is 4.18. The zero-order valence-electron chi connectivity index (χ0n) is 9.32. The highest BCUT2D eigenvalue weighted by molar-refractivity contribution is 6.32. The number of nitrogens with one attached hydrogen (secondary N) is 1. The van der Waals surface area contributed by atoms with Crippen molar-refractivity contribution in [2.24, 2.45) is 0 Å². The van der Waals surface area contributed by atoms with Crippen LogP contribution in [0.1, 0.15) is 25.0 Å². The highest BCUT2D eigenvalue weighted by atomic mass is 35.5. The third kappa shape index (κ3) is 2.73. The molecule has 0 amide bonds. The highest BCUT2D eigenvalue weighted by Gasteiger charge is 2.17. The first kappa shape index (κ1) is 11.5. The van der Waals surface area contributed by atoms with Crippen LogP contribution in [-0.2, 0) is 6.42 Å². The average Bonchev–Trinajstić information content (AvgIpc) is 2.13. The van der Waals surface area contributed by atoms with Gasteiger partial charge < -0.3 is 5.32 Å². The molecule has 78 valence electrons. The molecule has 0 saturated carbocycles. The molecule has 1 N–H and O–H groups in total. The molecule has 0 fully saturated rings. The predicted octanol–water partition coefficient (Wildman–Crippen LogP) is 3.19. The van der Waals surface area contributed by atoms with Crippen molar-refractivity contribution in [3.8, 4) is 0 Å². The van der Waals surface area contributed by atoms with Gasteiger partial charge in [0.2, 0.25) is 0 Å². The van der Waals surface area contributed by atoms with Gasteiger partial charge in [-0.05, 0) is 45.4 Å². The Bertz CT molecular complexity index is 318. The zero-order chi connectivity index (χ0) is 10.8. The van der Waals surface area contributed by atoms with Crippen molar-refractivity contribution in [2.45, 2.75) is 32.7 Å². The fourth-order valence-electron chi connectivity index (χ4n) is 1.41. The summed E-state index contributed by atoms with van der Waals surface area (Å²) < 4.78 is 0. The quantitative estimate of drug-likeness (QED) is 0.810. The maximum atomic E-state index is 6.23. The minimum atomic E-state index is 0.0947. The number of likely N-dealkylation sites (N-methyl/N-ethyl adjacent to an activating group) is 1. The van der Waals surface area contributed by atoms with Gasteiger partial charge in [-0.3, -0.25) is 0 Å². The molecule has 0 atom stereocenters. The summed E-state index contributed by atoms with van der Waals surface area (Å²) in [6.45, 7) is 6.38. The van der Waals surface area contributed by atoms with E-state index in [1.165, 1.54) is 5.56 Å². The second-order valence-corrected chi connectivity index (χ2v) is 4.74. The van der Waals surface area contributed by atoms with E-state index in [4.69, 9.17) is 11.6 Å². The molecule has 0 spiro atoms. The van der Waals surface area contributed by atoms with E-state index >= 15 is 0 Å². The van der Waals surface area contributed by atoms with Crippen LogP contribution in [0.4, 0.5) is 0 Å². The van der Waals surface area contributed by atoms with E-state index in [1.54, 1.807) is 0 Å². The Balaban J connectivity index is 2.92. The van der Waals surface area contributed by atoms with E-state index in [1.807, 2.05) is 20.0 Å². The Morgan fingerprint density at radius 1 is 1.36 bits per heavy atom. The van der Waals surface area contributed by atoms with Crippen molar-refractivity contribution in [1.82, 2.24) is 5.32 Å². The van der Waals surface area contributed by atoms with Crippen LogP contribution in [0.25, 0.3) is 0 Å². The summed E-state index contributed by atoms with van der Waals surface area (Å²) >= 11 is 6.23. The Hall–Kier alpha value is -0.530. The summed E-state index contributed by atoms with van der Waals surface area (Å²) in [5.74, 6) is 0. The van der Waals surface area contributed by atoms with Gasteiger partial charge in [0.15, 0.2) is 0 Å². The molecule has 14 heavy (non-hydrogen) atoms. The number of rotatable bonds is 3. The van der Waals surface area contributed by atoms with Gasteiger partial charge in [-0.1, -0.05) is 29.8 Å². The van der Waals surface area contributed by atoms with Crippen molar-refractivity contribution in [3.05, 3.63) is 34.3 Å². The van der Waals surface area contributed by atoms with Gasteiger partial charge in [0.25, 0.3) is 0 Å². The summed E-state index contributed by atoms with van der Waals surface area (Å²) in [7, 11) is 1.98. The van der Waals surface area contributed by atoms with Crippen LogP contribution in [0.3, 0.4) is 0 Å². The third-order valence-corrected chi connectivity index (χ3v) is 3.12. The van der Waals surface area contributed by atoms with Crippen molar-refractivity contribution in [1.29, 1.82) is 0 Å². The molecule has 0 unspecified atom stereocenters. The Morgan fingerprint density at radius 3 is 2.57 bits per heavy atom. The predicted molar refractivity (Wildman–Crippen MR) is 63.0 cm³/mol. The van der Waals surface area contributed by atoms with Gasteiger partial charge >= 0.3 is 0 Å². The fraction of sp³-hybridized carbons (Fsp3) is 0.500. The van der Waals surface area contributed by atoms with Gasteiger partial charge in [-0.15, -0.1) is 0 Å². The first-order valence-corrected chi connectivity index (χ1v) is 5.27. The molecule has 2 heteroatoms. The van der Waals surface area contributed by atoms with E-state index < -0.39 is 0 Å². The molecule has 0 saturated heterocycles. The van der Waals surface area contributed by atoms with Gasteiger partial charge in [-0.2, -0.15) is 0 Å². The molecular weight excluding hydrogens is 194 g/mol. The SMILES string of the molecule is CNC(C)(C)Cc1cccc(C)c1Cl. The minimum absolute atomic E-state index is 0.0947. The molecule has 0 aliphatic carbocycles. The van der Waals surface area contributed by atoms with Gasteiger partial charge in [0.1, 0.15) is 0 Å². The van der Waals surface area contributed by atoms with Crippen molar-refractivity contribution in [2.75, 3.05) is 7.05 Å². The molecular formula is C12H18ClN. The van der Waals surface area contributed by atoms with E-state index in [2.05, 4.69) is 31.3 Å². The molecule has 1 aromatic carbocycles. The first-order valence-electron chi connectivity index (χ1n) is 4.89. The number of aryl methyl sites for hydroxylation is 1. The highest BCUT2D eigenvalue weighted by Crippen LogP contribution is 2.23. The second-order valence-electron chi connectivity index (χ2n) is 4.36. The molecule has 1 nitrogen and oxygen atoms in total. The van der Waals surface area contributed by atoms with E-state index in [9.17, 15) is 0 Å². The summed E-state index contributed by atoms with van der Waals surface area (Å²) in [6.07, 6.45) is 0.948. The van der Waals surface area contributed by atoms with Crippen LogP contribution < -0.4 is 5.32 Å². The lowest BCUT2D eigenvalue weighted by molar-refractivity contribution is 0.422. The molecule has 1 aromatic rings. The van der Waals surface area contributed by atoms with Crippen LogP contribution in [-0.4, -0.2) is 12.6 Å². The standard InChI is InChI=1S/C12H18ClN/c1-9-6-5-7-10(11(9)13)8-12(2,3)14-4/h5-7,14H,8H2,1-4H3. The van der Waals surface area contributed by atoms with Gasteiger partial charge in [-0.25, -0.2) is 0 Å². The van der Waals surface area contributed by atoms with Crippen molar-refractivity contribution < 1.29 is 0 Å². The summed E-state index contributed by atoms with van der Waals surface area (Å²) in [6, 6.07) is 6.19. The molecule has 0 aliphatic rings. The summed E-state index contributed by atoms with van der Waals surface area (Å²) in [4.78, 5) is 0. The van der Waals surface area contributed by atoms with E-state index in [0.717, 1.165) is 17.0 Å². The van der Waals surface area contributed by atoms with E-state index in [-0.39, 0.29) is 5.54 Å². The van der Waals surface area contributed by atoms with Crippen LogP contribution in [0.2, 0.25) is 5.02 Å². The Morgan fingerprint density at radius 2 is 2.00 bits per heavy atom. The number of hydrogen-bond acceptors (Lipinski definition) is 1. The normalized spacial score (nSPS) is 11.8. The maximum absolute atomic E-state index is 6.23. The Kier molecular flexibility index (Phi) is 3.57. The number of halogens is 1. The fourth-order valence-corrected chi connectivity index (χ4v) is 1.60. The zero-order valence-corrected chi connectivity index (χ0v) is 10.1. The largest absolute Gasteiger partial charge is 0.314 e. The lowest BCUT2D eigenvalue weighted by atomic mass is 9.94. The lowest BCUT2D eigenvalue weighted by Gasteiger charge is -2.24. The smallest absolute Gasteiger partial charge is 0.0467 e. The van der Waals surface area contributed by atoms with Crippen LogP contribution in [0.5, 0.6) is 0 Å². The van der Waals surface area contributed by atoms with E-state index in [0.29, 0.717) is 0 Å². The molecule has 0 bridgehead atoms. The van der Waals surface area contributed by atoms with Crippen LogP contribution >= 0.6 is 11.6 Å². The van der Waals surface area contributed by atoms with Gasteiger partial charge in [0, 0.05) is 10.6 Å². The topological polar surface area (TPSA) is 12.0 Å². The number of benzene rings is 1. The second kappa shape index (κ2) is 4.33. The maximum Gasteiger partial charge on any atom is 0.0467 e. The average molecular weight is 212 g/mol. The molecule has 0 aromatic heterocycles. The molecule has 1 rings (SSSR count). The summed E-state index contributed by atoms with van der Waals surface area (Å²) in [5.41, 5.74) is 2.46. The molecule has 0 heterocycles. The molecule has 0 radical (unpaired) electrons. The lowest BCUT2D eigenvalue weighted by Crippen LogP contribution is -2.38. The van der Waals surface area contributed by atoms with Crippen molar-refractivity contribution in [3.63, 3.8) is 0 Å². The van der Waals surface area contributed by atoms with Gasteiger partial charge in [0.05, 0.1) is 0 Å². The third-order valence-electron chi connectivity index (χ3n) is 2.58. The first-order chi connectivity index (χ1) is 6.46. The van der Waals surface area contributed by atoms with Crippen LogP contribution in [0.15, 0.2) is 18.2 Å².